The van der Waals surface area contributed by atoms with Crippen molar-refractivity contribution >= 4 is 63.3 Å². The molecular weight excluding hydrogens is 1500 g/mol. The van der Waals surface area contributed by atoms with Crippen molar-refractivity contribution in [3.63, 3.8) is 0 Å². The number of esters is 2. The highest BCUT2D eigenvalue weighted by molar-refractivity contribution is 7.88. The van der Waals surface area contributed by atoms with Crippen LogP contribution >= 0.6 is 0 Å². The lowest BCUT2D eigenvalue weighted by atomic mass is 9.83. The maximum absolute atomic E-state index is 12.9. The summed E-state index contributed by atoms with van der Waals surface area (Å²) in [5, 5.41) is 18.0. The van der Waals surface area contributed by atoms with Crippen molar-refractivity contribution in [1.82, 2.24) is 19.6 Å². The van der Waals surface area contributed by atoms with Crippen LogP contribution < -0.4 is 18.9 Å². The summed E-state index contributed by atoms with van der Waals surface area (Å²) in [7, 11) is -3.09. The molecule has 6 unspecified atom stereocenters. The largest absolute Gasteiger partial charge is 0.534 e. The molecular formula is C97H96F3N7O9S. The van der Waals surface area contributed by atoms with Gasteiger partial charge in [-0.25, -0.2) is 14.4 Å². The van der Waals surface area contributed by atoms with Crippen molar-refractivity contribution in [2.45, 2.75) is 165 Å². The summed E-state index contributed by atoms with van der Waals surface area (Å²) in [5.41, 5.74) is 19.8. The van der Waals surface area contributed by atoms with Crippen LogP contribution in [0.2, 0.25) is 0 Å². The molecule has 3 aliphatic heterocycles. The third-order valence-corrected chi connectivity index (χ3v) is 24.3. The number of halogens is 3. The van der Waals surface area contributed by atoms with Gasteiger partial charge >= 0.3 is 33.5 Å². The highest BCUT2D eigenvalue weighted by atomic mass is 32.2. The number of anilines is 3. The number of carboxylic acid groups (broad SMARTS) is 1. The molecule has 3 aliphatic carbocycles. The van der Waals surface area contributed by atoms with Gasteiger partial charge < -0.3 is 33.5 Å². The molecule has 16 nitrogen and oxygen atoms in total. The van der Waals surface area contributed by atoms with E-state index in [1.54, 1.807) is 24.3 Å². The lowest BCUT2D eigenvalue weighted by molar-refractivity contribution is -0.135. The van der Waals surface area contributed by atoms with Gasteiger partial charge in [-0.15, -0.1) is 0 Å². The van der Waals surface area contributed by atoms with E-state index in [1.165, 1.54) is 156 Å². The summed E-state index contributed by atoms with van der Waals surface area (Å²) in [4.78, 5) is 41.4. The predicted molar refractivity (Wildman–Crippen MR) is 455 cm³/mol. The Hall–Kier alpha value is -12.0. The van der Waals surface area contributed by atoms with Gasteiger partial charge in [-0.2, -0.15) is 31.8 Å². The summed E-state index contributed by atoms with van der Waals surface area (Å²) < 4.78 is 79.8. The molecule has 600 valence electrons. The number of aromatic nitrogens is 4. The van der Waals surface area contributed by atoms with E-state index in [0.29, 0.717) is 30.0 Å². The van der Waals surface area contributed by atoms with Crippen molar-refractivity contribution in [1.29, 1.82) is 0 Å². The molecule has 9 aromatic carbocycles. The summed E-state index contributed by atoms with van der Waals surface area (Å²) in [6.07, 6.45) is 27.2. The number of methoxy groups -OCH3 is 2. The number of benzene rings is 9. The molecule has 0 radical (unpaired) electrons. The number of carbonyl (C=O) groups is 3. The fourth-order valence-electron chi connectivity index (χ4n) is 16.8. The second-order valence-electron chi connectivity index (χ2n) is 31.4. The highest BCUT2D eigenvalue weighted by Gasteiger charge is 2.49. The molecule has 6 atom stereocenters. The molecule has 2 aromatic heterocycles. The second kappa shape index (κ2) is 34.4. The molecule has 20 heteroatoms. The van der Waals surface area contributed by atoms with Crippen LogP contribution in [0.25, 0.3) is 40.5 Å². The number of carboxylic acids is 1. The van der Waals surface area contributed by atoms with Gasteiger partial charge in [-0.1, -0.05) is 152 Å². The predicted octanol–water partition coefficient (Wildman–Crippen LogP) is 20.8. The molecule has 0 bridgehead atoms. The lowest BCUT2D eigenvalue weighted by Crippen LogP contribution is -2.43. The van der Waals surface area contributed by atoms with E-state index in [-0.39, 0.29) is 35.9 Å². The molecule has 117 heavy (non-hydrogen) atoms. The van der Waals surface area contributed by atoms with Gasteiger partial charge in [0.15, 0.2) is 0 Å². The quantitative estimate of drug-likeness (QED) is 0.0311. The normalized spacial score (nSPS) is 19.1. The molecule has 5 heterocycles. The Kier molecular flexibility index (Phi) is 23.6. The smallest absolute Gasteiger partial charge is 0.478 e. The number of fused-ring (bicyclic) bond motifs is 3. The van der Waals surface area contributed by atoms with Gasteiger partial charge in [0.25, 0.3) is 0 Å². The molecule has 6 aliphatic rings. The van der Waals surface area contributed by atoms with Crippen molar-refractivity contribution < 1.29 is 54.7 Å². The summed E-state index contributed by atoms with van der Waals surface area (Å²) in [6, 6.07) is 69.8. The van der Waals surface area contributed by atoms with E-state index in [1.807, 2.05) is 65.1 Å². The maximum atomic E-state index is 12.9. The molecule has 1 N–H and O–H groups in total. The summed E-state index contributed by atoms with van der Waals surface area (Å²) in [5.74, 6) is -0.0449. The van der Waals surface area contributed by atoms with E-state index in [0.717, 1.165) is 82.4 Å². The number of nitrogens with zero attached hydrogens (tertiary/aromatic N) is 7. The highest BCUT2D eigenvalue weighted by Crippen LogP contribution is 2.49. The van der Waals surface area contributed by atoms with Gasteiger partial charge in [0.1, 0.15) is 5.75 Å². The van der Waals surface area contributed by atoms with Crippen molar-refractivity contribution in [2.75, 3.05) is 28.9 Å². The molecule has 0 amide bonds. The zero-order valence-electron chi connectivity index (χ0n) is 66.7. The molecule has 11 aromatic rings. The van der Waals surface area contributed by atoms with Gasteiger partial charge in [-0.05, 0) is 271 Å². The zero-order valence-corrected chi connectivity index (χ0v) is 67.5. The number of alkyl halides is 3. The van der Waals surface area contributed by atoms with Crippen molar-refractivity contribution in [2.24, 2.45) is 0 Å². The fourth-order valence-corrected chi connectivity index (χ4v) is 17.2. The van der Waals surface area contributed by atoms with E-state index < -0.39 is 27.6 Å². The third-order valence-electron chi connectivity index (χ3n) is 23.3. The van der Waals surface area contributed by atoms with Crippen LogP contribution in [-0.4, -0.2) is 88.8 Å². The molecule has 3 saturated carbocycles. The first-order chi connectivity index (χ1) is 56.5. The van der Waals surface area contributed by atoms with Gasteiger partial charge in [-0.3, -0.25) is 9.36 Å². The Morgan fingerprint density at radius 1 is 0.436 bits per heavy atom. The monoisotopic (exact) mass is 1590 g/mol. The molecule has 0 spiro atoms. The summed E-state index contributed by atoms with van der Waals surface area (Å²) >= 11 is 0. The first-order valence-electron chi connectivity index (χ1n) is 40.3. The van der Waals surface area contributed by atoms with Crippen LogP contribution in [0.5, 0.6) is 5.75 Å². The maximum Gasteiger partial charge on any atom is 0.534 e. The Morgan fingerprint density at radius 3 is 1.05 bits per heavy atom. The van der Waals surface area contributed by atoms with Crippen molar-refractivity contribution in [3.8, 4) is 28.0 Å². The Balaban J connectivity index is 0.000000138. The van der Waals surface area contributed by atoms with Crippen LogP contribution in [0, 0.1) is 0 Å². The number of aliphatic carboxylic acids is 1. The number of carbonyl (C=O) groups excluding carboxylic acids is 2. The van der Waals surface area contributed by atoms with Gasteiger partial charge in [0.2, 0.25) is 0 Å². The first kappa shape index (κ1) is 80.2. The topological polar surface area (TPSA) is 179 Å². The Labute approximate surface area is 682 Å². The number of ether oxygens (including phenoxy) is 2. The number of rotatable bonds is 21. The van der Waals surface area contributed by atoms with Gasteiger partial charge in [0.05, 0.1) is 44.7 Å². The second-order valence-corrected chi connectivity index (χ2v) is 32.9. The molecule has 17 rings (SSSR count). The van der Waals surface area contributed by atoms with E-state index in [9.17, 15) is 36.0 Å². The van der Waals surface area contributed by atoms with Crippen LogP contribution in [0.3, 0.4) is 0 Å². The van der Waals surface area contributed by atoms with E-state index in [2.05, 4.69) is 219 Å². The standard InChI is InChI=1S/C34H35N3O2.C33H33N3O2.C30H28F3NO5S/c1-4-36-22-30(21-35-36)28-14-17-32-29(20-28)19-23(2)37(31-15-12-26(13-16-31)25-10-11-25)34(32)27-8-5-24(6-9-27)7-18-33(38)39-3;1-3-35-21-29(20-34-35)27-13-16-31-28(19-27)18-22(2)36(30-14-11-25(12-15-30)24-9-10-24)33(31)26-7-4-23(5-8-26)6-17-32(37)38;1-19-17-24-18-26(39-40(36,37)30(31,32)33)14-15-27(24)29(23-6-3-20(4-7-23)5-16-28(35)38-2)34(19)25-12-10-22(11-13-25)21-8-9-21/h5-9,12-18,20-23,25,34H,4,10-11,19H2,1-3H3;4-8,11-17,19-22,24,33H,3,9-10,18H2,1-2H3,(H,37,38);3-7,10-16,18-19,21,29H,8-9,17H2,1-2H3/b18-7+;17-6+;16-5+. The Bertz CT molecular complexity index is 5610. The SMILES string of the molecule is CCn1cc(-c2ccc3c(c2)CC(C)N(c2ccc(C4CC4)cc2)C3c2ccc(/C=C/C(=O)O)cc2)cn1.CCn1cc(-c2ccc3c(c2)CC(C)N(c2ccc(C4CC4)cc2)C3c2ccc(/C=C/C(=O)OC)cc2)cn1.COC(=O)/C=C/c1ccc(C2c3ccc(OS(=O)(=O)C(F)(F)F)cc3CC(C)N2c2ccc(C3CC3)cc2)cc1. The average molecular weight is 1590 g/mol. The minimum Gasteiger partial charge on any atom is -0.478 e. The minimum atomic E-state index is -5.78. The number of hydrogen-bond acceptors (Lipinski definition) is 13. The lowest BCUT2D eigenvalue weighted by Gasteiger charge is -2.44. The van der Waals surface area contributed by atoms with Crippen molar-refractivity contribution in [3.05, 3.63) is 327 Å². The van der Waals surface area contributed by atoms with Crippen LogP contribution in [-0.2, 0) is 66.3 Å². The van der Waals surface area contributed by atoms with Crippen LogP contribution in [0.15, 0.2) is 243 Å². The van der Waals surface area contributed by atoms with Crippen LogP contribution in [0.1, 0.15) is 192 Å². The fraction of sp³-hybridized carbons (Fsp3) is 0.289. The van der Waals surface area contributed by atoms with Gasteiger partial charge in [0, 0.05) is 90.0 Å². The summed E-state index contributed by atoms with van der Waals surface area (Å²) in [6.45, 7) is 12.6. The van der Waals surface area contributed by atoms with E-state index in [4.69, 9.17) is 9.84 Å². The number of hydrogen-bond donors (Lipinski definition) is 1. The van der Waals surface area contributed by atoms with E-state index >= 15 is 0 Å². The van der Waals surface area contributed by atoms with Crippen LogP contribution in [0.4, 0.5) is 30.2 Å². The first-order valence-corrected chi connectivity index (χ1v) is 41.7. The zero-order chi connectivity index (χ0) is 81.8. The third kappa shape index (κ3) is 18.3. The molecule has 0 saturated heterocycles. The average Bonchev–Trinajstić information content (AvgIpc) is 1.13. The molecule has 3 fully saturated rings. The minimum absolute atomic E-state index is 0.0606. The number of aryl methyl sites for hydroxylation is 2. The Morgan fingerprint density at radius 2 is 0.752 bits per heavy atom.